The predicted octanol–water partition coefficient (Wildman–Crippen LogP) is 0.262. The fourth-order valence-corrected chi connectivity index (χ4v) is 0.184. The van der Waals surface area contributed by atoms with Gasteiger partial charge in [0.05, 0.1) is 13.2 Å². The molecule has 0 bridgehead atoms. The maximum Gasteiger partial charge on any atom is 0.365 e. The van der Waals surface area contributed by atoms with Crippen molar-refractivity contribution >= 4 is 11.9 Å². The highest BCUT2D eigenvalue weighted by Crippen LogP contribution is 1.74. The maximum absolute atomic E-state index is 9.95. The summed E-state index contributed by atoms with van der Waals surface area (Å²) in [6.07, 6.45) is 0.615. The van der Waals surface area contributed by atoms with Gasteiger partial charge in [0.25, 0.3) is 0 Å². The Morgan fingerprint density at radius 2 is 2.23 bits per heavy atom. The Morgan fingerprint density at radius 3 is 2.31 bits per heavy atom. The normalized spacial score (nSPS) is 7.08. The standard InChI is InChI=1S/C4H6O3.C3H3NO2/c1-3-4(5)7-6-2;4-2-1-3(5)6/h3H,1H2,2H3;1H2,(H,5,6). The molecule has 72 valence electrons. The smallest absolute Gasteiger partial charge is 0.365 e. The van der Waals surface area contributed by atoms with Gasteiger partial charge in [-0.15, -0.1) is 0 Å². The number of carbonyl (C=O) groups excluding carboxylic acids is 1. The second-order valence-electron chi connectivity index (χ2n) is 1.50. The van der Waals surface area contributed by atoms with Crippen LogP contribution in [0.5, 0.6) is 0 Å². The number of nitriles is 1. The number of carboxylic acid groups (broad SMARTS) is 1. The van der Waals surface area contributed by atoms with Gasteiger partial charge in [0.1, 0.15) is 6.42 Å². The summed E-state index contributed by atoms with van der Waals surface area (Å²) in [7, 11) is 1.25. The average Bonchev–Trinajstić information content (AvgIpc) is 2.05. The lowest BCUT2D eigenvalue weighted by atomic mass is 10.5. The monoisotopic (exact) mass is 187 g/mol. The van der Waals surface area contributed by atoms with Gasteiger partial charge < -0.3 is 5.11 Å². The molecule has 0 heterocycles. The molecule has 0 radical (unpaired) electrons. The zero-order valence-corrected chi connectivity index (χ0v) is 7.02. The minimum absolute atomic E-state index is 0.403. The highest BCUT2D eigenvalue weighted by Gasteiger charge is 1.89. The van der Waals surface area contributed by atoms with Crippen LogP contribution in [0.25, 0.3) is 0 Å². The molecule has 0 unspecified atom stereocenters. The highest BCUT2D eigenvalue weighted by atomic mass is 17.2. The molecule has 0 aromatic heterocycles. The van der Waals surface area contributed by atoms with E-state index in [1.165, 1.54) is 13.2 Å². The van der Waals surface area contributed by atoms with Gasteiger partial charge in [0, 0.05) is 6.08 Å². The molecule has 0 aliphatic heterocycles. The second-order valence-corrected chi connectivity index (χ2v) is 1.50. The Balaban J connectivity index is 0. The number of hydrogen-bond acceptors (Lipinski definition) is 5. The van der Waals surface area contributed by atoms with Gasteiger partial charge in [0.15, 0.2) is 0 Å². The van der Waals surface area contributed by atoms with Crippen LogP contribution in [0.1, 0.15) is 6.42 Å². The van der Waals surface area contributed by atoms with Crippen molar-refractivity contribution in [3.63, 3.8) is 0 Å². The lowest BCUT2D eigenvalue weighted by Crippen LogP contribution is -1.96. The molecule has 0 aromatic carbocycles. The molecule has 13 heavy (non-hydrogen) atoms. The zero-order chi connectivity index (χ0) is 10.7. The molecule has 0 aliphatic carbocycles. The van der Waals surface area contributed by atoms with E-state index in [-0.39, 0.29) is 0 Å². The van der Waals surface area contributed by atoms with Crippen LogP contribution in [0.4, 0.5) is 0 Å². The van der Waals surface area contributed by atoms with Gasteiger partial charge in [0.2, 0.25) is 0 Å². The summed E-state index contributed by atoms with van der Waals surface area (Å²) in [5.41, 5.74) is 0. The molecule has 0 amide bonds. The molecule has 0 saturated carbocycles. The third-order valence-electron chi connectivity index (χ3n) is 0.562. The van der Waals surface area contributed by atoms with E-state index in [4.69, 9.17) is 10.4 Å². The molecule has 1 N–H and O–H groups in total. The lowest BCUT2D eigenvalue weighted by molar-refractivity contribution is -0.249. The van der Waals surface area contributed by atoms with E-state index < -0.39 is 18.4 Å². The molecule has 0 saturated heterocycles. The summed E-state index contributed by atoms with van der Waals surface area (Å²) in [5, 5.41) is 15.3. The molecule has 6 heteroatoms. The van der Waals surface area contributed by atoms with Crippen molar-refractivity contribution in [2.45, 2.75) is 6.42 Å². The summed E-state index contributed by atoms with van der Waals surface area (Å²) in [6.45, 7) is 3.12. The van der Waals surface area contributed by atoms with E-state index in [2.05, 4.69) is 16.4 Å². The minimum atomic E-state index is -1.07. The van der Waals surface area contributed by atoms with Crippen molar-refractivity contribution in [1.29, 1.82) is 5.26 Å². The van der Waals surface area contributed by atoms with E-state index in [9.17, 15) is 9.59 Å². The van der Waals surface area contributed by atoms with Crippen molar-refractivity contribution in [2.75, 3.05) is 7.11 Å². The van der Waals surface area contributed by atoms with Crippen LogP contribution < -0.4 is 0 Å². The number of carboxylic acids is 1. The average molecular weight is 187 g/mol. The van der Waals surface area contributed by atoms with E-state index in [1.54, 1.807) is 0 Å². The number of hydrogen-bond donors (Lipinski definition) is 1. The van der Waals surface area contributed by atoms with E-state index in [1.807, 2.05) is 0 Å². The van der Waals surface area contributed by atoms with Crippen molar-refractivity contribution in [3.8, 4) is 6.07 Å². The molecule has 6 nitrogen and oxygen atoms in total. The molecule has 0 aromatic rings. The first-order valence-electron chi connectivity index (χ1n) is 3.04. The van der Waals surface area contributed by atoms with E-state index in [0.29, 0.717) is 0 Å². The molecule has 0 fully saturated rings. The molecule has 0 atom stereocenters. The van der Waals surface area contributed by atoms with Crippen LogP contribution in [0.2, 0.25) is 0 Å². The third kappa shape index (κ3) is 17.8. The lowest BCUT2D eigenvalue weighted by Gasteiger charge is -1.88. The van der Waals surface area contributed by atoms with Gasteiger partial charge in [-0.3, -0.25) is 9.68 Å². The van der Waals surface area contributed by atoms with Crippen molar-refractivity contribution in [3.05, 3.63) is 12.7 Å². The Labute approximate surface area is 74.9 Å². The quantitative estimate of drug-likeness (QED) is 0.386. The van der Waals surface area contributed by atoms with Crippen molar-refractivity contribution in [2.24, 2.45) is 0 Å². The fourth-order valence-electron chi connectivity index (χ4n) is 0.184. The number of aliphatic carboxylic acids is 1. The molecule has 0 rings (SSSR count). The first-order chi connectivity index (χ1) is 6.08. The Bertz CT molecular complexity index is 217. The molecular formula is C7H9NO5. The SMILES string of the molecule is C=CC(=O)OOC.N#CCC(=O)O. The summed E-state index contributed by atoms with van der Waals surface area (Å²) in [6, 6.07) is 1.47. The van der Waals surface area contributed by atoms with Crippen LogP contribution in [-0.4, -0.2) is 24.2 Å². The summed E-state index contributed by atoms with van der Waals surface area (Å²) in [5.74, 6) is -1.65. The maximum atomic E-state index is 9.95. The van der Waals surface area contributed by atoms with Gasteiger partial charge in [-0.05, 0) is 0 Å². The Kier molecular flexibility index (Phi) is 10.7. The topological polar surface area (TPSA) is 96.6 Å². The molecule has 0 spiro atoms. The van der Waals surface area contributed by atoms with Gasteiger partial charge >= 0.3 is 11.9 Å². The number of carbonyl (C=O) groups is 2. The van der Waals surface area contributed by atoms with Gasteiger partial charge in [-0.2, -0.15) is 10.1 Å². The highest BCUT2D eigenvalue weighted by molar-refractivity contribution is 5.80. The van der Waals surface area contributed by atoms with Crippen LogP contribution >= 0.6 is 0 Å². The van der Waals surface area contributed by atoms with Crippen molar-refractivity contribution < 1.29 is 24.5 Å². The number of nitrogens with zero attached hydrogens (tertiary/aromatic N) is 1. The van der Waals surface area contributed by atoms with Crippen LogP contribution in [-0.2, 0) is 19.4 Å². The van der Waals surface area contributed by atoms with Gasteiger partial charge in [-0.25, -0.2) is 4.79 Å². The summed E-state index contributed by atoms with van der Waals surface area (Å²) < 4.78 is 0. The predicted molar refractivity (Wildman–Crippen MR) is 41.2 cm³/mol. The first-order valence-corrected chi connectivity index (χ1v) is 3.04. The zero-order valence-electron chi connectivity index (χ0n) is 7.02. The van der Waals surface area contributed by atoms with Crippen LogP contribution in [0.15, 0.2) is 12.7 Å². The fraction of sp³-hybridized carbons (Fsp3) is 0.286. The molecule has 0 aliphatic rings. The minimum Gasteiger partial charge on any atom is -0.480 e. The number of rotatable bonds is 3. The first kappa shape index (κ1) is 13.7. The summed E-state index contributed by atoms with van der Waals surface area (Å²) in [4.78, 5) is 27.2. The van der Waals surface area contributed by atoms with Gasteiger partial charge in [-0.1, -0.05) is 6.58 Å². The summed E-state index contributed by atoms with van der Waals surface area (Å²) >= 11 is 0. The van der Waals surface area contributed by atoms with E-state index in [0.717, 1.165) is 6.08 Å². The second kappa shape index (κ2) is 10.1. The van der Waals surface area contributed by atoms with Crippen molar-refractivity contribution in [1.82, 2.24) is 0 Å². The Morgan fingerprint density at radius 1 is 1.69 bits per heavy atom. The Hall–Kier alpha value is -1.87. The van der Waals surface area contributed by atoms with Crippen LogP contribution in [0, 0.1) is 11.3 Å². The van der Waals surface area contributed by atoms with E-state index >= 15 is 0 Å². The molecular weight excluding hydrogens is 178 g/mol. The third-order valence-corrected chi connectivity index (χ3v) is 0.562. The largest absolute Gasteiger partial charge is 0.480 e. The van der Waals surface area contributed by atoms with Crippen LogP contribution in [0.3, 0.4) is 0 Å².